The molecule has 110 valence electrons. The predicted octanol–water partition coefficient (Wildman–Crippen LogP) is 3.54. The van der Waals surface area contributed by atoms with Gasteiger partial charge in [0.2, 0.25) is 5.91 Å². The van der Waals surface area contributed by atoms with Gasteiger partial charge in [-0.1, -0.05) is 23.7 Å². The summed E-state index contributed by atoms with van der Waals surface area (Å²) in [5.41, 5.74) is 1.55. The van der Waals surface area contributed by atoms with E-state index in [1.807, 2.05) is 24.3 Å². The van der Waals surface area contributed by atoms with Gasteiger partial charge in [0.05, 0.1) is 25.7 Å². The van der Waals surface area contributed by atoms with E-state index >= 15 is 0 Å². The number of benzene rings is 2. The molecule has 0 radical (unpaired) electrons. The van der Waals surface area contributed by atoms with Crippen molar-refractivity contribution in [2.45, 2.75) is 6.42 Å². The highest BCUT2D eigenvalue weighted by atomic mass is 35.5. The quantitative estimate of drug-likeness (QED) is 0.919. The highest BCUT2D eigenvalue weighted by Gasteiger charge is 2.07. The summed E-state index contributed by atoms with van der Waals surface area (Å²) in [6.45, 7) is 0. The molecule has 0 unspecified atom stereocenters. The molecule has 2 rings (SSSR count). The van der Waals surface area contributed by atoms with Gasteiger partial charge in [0.1, 0.15) is 11.5 Å². The smallest absolute Gasteiger partial charge is 0.228 e. The fourth-order valence-corrected chi connectivity index (χ4v) is 2.14. The lowest BCUT2D eigenvalue weighted by atomic mass is 10.1. The van der Waals surface area contributed by atoms with Crippen molar-refractivity contribution in [3.05, 3.63) is 53.1 Å². The van der Waals surface area contributed by atoms with Gasteiger partial charge >= 0.3 is 0 Å². The van der Waals surface area contributed by atoms with Crippen LogP contribution < -0.4 is 14.8 Å². The maximum atomic E-state index is 12.0. The number of hydrogen-bond donors (Lipinski definition) is 1. The molecule has 5 heteroatoms. The van der Waals surface area contributed by atoms with Gasteiger partial charge in [-0.25, -0.2) is 0 Å². The van der Waals surface area contributed by atoms with E-state index in [9.17, 15) is 4.79 Å². The summed E-state index contributed by atoms with van der Waals surface area (Å²) in [6.07, 6.45) is 0.285. The van der Waals surface area contributed by atoms with E-state index in [2.05, 4.69) is 5.32 Å². The second-order valence-corrected chi connectivity index (χ2v) is 4.83. The van der Waals surface area contributed by atoms with E-state index in [0.717, 1.165) is 11.3 Å². The molecule has 2 aromatic rings. The molecule has 0 atom stereocenters. The van der Waals surface area contributed by atoms with Gasteiger partial charge in [-0.15, -0.1) is 0 Å². The van der Waals surface area contributed by atoms with Crippen LogP contribution in [0.1, 0.15) is 5.56 Å². The lowest BCUT2D eigenvalue weighted by Gasteiger charge is -2.08. The lowest BCUT2D eigenvalue weighted by molar-refractivity contribution is -0.115. The van der Waals surface area contributed by atoms with Crippen molar-refractivity contribution in [1.82, 2.24) is 0 Å². The maximum absolute atomic E-state index is 12.0. The molecule has 21 heavy (non-hydrogen) atoms. The average molecular weight is 306 g/mol. The third kappa shape index (κ3) is 4.13. The van der Waals surface area contributed by atoms with E-state index in [4.69, 9.17) is 21.1 Å². The van der Waals surface area contributed by atoms with Crippen molar-refractivity contribution in [1.29, 1.82) is 0 Å². The first-order valence-electron chi connectivity index (χ1n) is 6.38. The van der Waals surface area contributed by atoms with Crippen LogP contribution in [0.3, 0.4) is 0 Å². The molecule has 0 spiro atoms. The van der Waals surface area contributed by atoms with Crippen LogP contribution in [0.5, 0.6) is 11.5 Å². The first-order valence-corrected chi connectivity index (χ1v) is 6.76. The van der Waals surface area contributed by atoms with E-state index < -0.39 is 0 Å². The number of amides is 1. The van der Waals surface area contributed by atoms with Gasteiger partial charge in [0.15, 0.2) is 0 Å². The molecule has 0 heterocycles. The molecule has 0 aliphatic rings. The van der Waals surface area contributed by atoms with Crippen LogP contribution in [0.15, 0.2) is 42.5 Å². The molecule has 0 aromatic heterocycles. The van der Waals surface area contributed by atoms with Crippen LogP contribution in [0, 0.1) is 0 Å². The Morgan fingerprint density at radius 2 is 1.81 bits per heavy atom. The van der Waals surface area contributed by atoms with Crippen LogP contribution in [0.25, 0.3) is 0 Å². The molecule has 2 aromatic carbocycles. The van der Waals surface area contributed by atoms with Crippen LogP contribution in [0.2, 0.25) is 5.02 Å². The van der Waals surface area contributed by atoms with Crippen LogP contribution in [-0.4, -0.2) is 20.1 Å². The van der Waals surface area contributed by atoms with Crippen LogP contribution >= 0.6 is 11.6 Å². The number of hydrogen-bond acceptors (Lipinski definition) is 3. The zero-order chi connectivity index (χ0) is 15.2. The number of rotatable bonds is 5. The Bertz CT molecular complexity index is 626. The number of methoxy groups -OCH3 is 2. The summed E-state index contributed by atoms with van der Waals surface area (Å²) in [5.74, 6) is 1.23. The van der Waals surface area contributed by atoms with Crippen molar-refractivity contribution in [3.8, 4) is 11.5 Å². The molecule has 0 fully saturated rings. The van der Waals surface area contributed by atoms with Crippen LogP contribution in [-0.2, 0) is 11.2 Å². The number of halogens is 1. The first kappa shape index (κ1) is 15.2. The minimum absolute atomic E-state index is 0.110. The second kappa shape index (κ2) is 6.99. The molecular formula is C16H16ClNO3. The standard InChI is InChI=1S/C16H16ClNO3/c1-20-13-6-3-11(4-7-13)9-16(19)18-12-5-8-15(21-2)14(17)10-12/h3-8,10H,9H2,1-2H3,(H,18,19). The number of carbonyl (C=O) groups is 1. The first-order chi connectivity index (χ1) is 10.1. The van der Waals surface area contributed by atoms with Gasteiger partial charge in [-0.05, 0) is 35.9 Å². The summed E-state index contributed by atoms with van der Waals surface area (Å²) in [6, 6.07) is 12.5. The Morgan fingerprint density at radius 1 is 1.10 bits per heavy atom. The Labute approximate surface area is 128 Å². The van der Waals surface area contributed by atoms with Crippen molar-refractivity contribution in [2.75, 3.05) is 19.5 Å². The van der Waals surface area contributed by atoms with E-state index in [0.29, 0.717) is 16.5 Å². The number of ether oxygens (including phenoxy) is 2. The van der Waals surface area contributed by atoms with Crippen molar-refractivity contribution in [3.63, 3.8) is 0 Å². The largest absolute Gasteiger partial charge is 0.497 e. The monoisotopic (exact) mass is 305 g/mol. The predicted molar refractivity (Wildman–Crippen MR) is 83.3 cm³/mol. The van der Waals surface area contributed by atoms with E-state index in [1.165, 1.54) is 0 Å². The molecule has 0 bridgehead atoms. The van der Waals surface area contributed by atoms with Gasteiger partial charge in [0, 0.05) is 5.69 Å². The molecule has 0 saturated carbocycles. The number of anilines is 1. The van der Waals surface area contributed by atoms with Gasteiger partial charge in [0.25, 0.3) is 0 Å². The lowest BCUT2D eigenvalue weighted by Crippen LogP contribution is -2.14. The number of carbonyl (C=O) groups excluding carboxylic acids is 1. The van der Waals surface area contributed by atoms with Crippen molar-refractivity contribution < 1.29 is 14.3 Å². The van der Waals surface area contributed by atoms with Gasteiger partial charge in [-0.2, -0.15) is 0 Å². The average Bonchev–Trinajstić information content (AvgIpc) is 2.48. The highest BCUT2D eigenvalue weighted by molar-refractivity contribution is 6.32. The van der Waals surface area contributed by atoms with Gasteiger partial charge < -0.3 is 14.8 Å². The third-order valence-electron chi connectivity index (χ3n) is 2.96. The highest BCUT2D eigenvalue weighted by Crippen LogP contribution is 2.27. The van der Waals surface area contributed by atoms with E-state index in [-0.39, 0.29) is 12.3 Å². The molecule has 4 nitrogen and oxygen atoms in total. The third-order valence-corrected chi connectivity index (χ3v) is 3.25. The minimum Gasteiger partial charge on any atom is -0.497 e. The zero-order valence-corrected chi connectivity index (χ0v) is 12.6. The zero-order valence-electron chi connectivity index (χ0n) is 11.9. The summed E-state index contributed by atoms with van der Waals surface area (Å²) >= 11 is 6.02. The SMILES string of the molecule is COc1ccc(CC(=O)Nc2ccc(OC)c(Cl)c2)cc1. The fourth-order valence-electron chi connectivity index (χ4n) is 1.88. The van der Waals surface area contributed by atoms with Crippen molar-refractivity contribution in [2.24, 2.45) is 0 Å². The van der Waals surface area contributed by atoms with Gasteiger partial charge in [-0.3, -0.25) is 4.79 Å². The van der Waals surface area contributed by atoms with Crippen molar-refractivity contribution >= 4 is 23.2 Å². The second-order valence-electron chi connectivity index (χ2n) is 4.42. The Morgan fingerprint density at radius 3 is 2.38 bits per heavy atom. The molecule has 1 N–H and O–H groups in total. The summed E-state index contributed by atoms with van der Waals surface area (Å²) < 4.78 is 10.1. The normalized spacial score (nSPS) is 10.0. The molecule has 0 aliphatic heterocycles. The summed E-state index contributed by atoms with van der Waals surface area (Å²) in [4.78, 5) is 12.0. The Balaban J connectivity index is 1.99. The Kier molecular flexibility index (Phi) is 5.06. The van der Waals surface area contributed by atoms with Crippen LogP contribution in [0.4, 0.5) is 5.69 Å². The van der Waals surface area contributed by atoms with E-state index in [1.54, 1.807) is 32.4 Å². The molecule has 0 saturated heterocycles. The number of nitrogens with one attached hydrogen (secondary N) is 1. The fraction of sp³-hybridized carbons (Fsp3) is 0.188. The molecule has 0 aliphatic carbocycles. The maximum Gasteiger partial charge on any atom is 0.228 e. The molecule has 1 amide bonds. The summed E-state index contributed by atoms with van der Waals surface area (Å²) in [5, 5.41) is 3.26. The minimum atomic E-state index is -0.110. The molecular weight excluding hydrogens is 290 g/mol. The topological polar surface area (TPSA) is 47.6 Å². The Hall–Kier alpha value is -2.20. The summed E-state index contributed by atoms with van der Waals surface area (Å²) in [7, 11) is 3.15.